The maximum absolute atomic E-state index is 13.8. The number of piperidine rings is 1. The van der Waals surface area contributed by atoms with Crippen LogP contribution in [0.5, 0.6) is 0 Å². The van der Waals surface area contributed by atoms with Crippen LogP contribution in [0.4, 0.5) is 10.1 Å². The van der Waals surface area contributed by atoms with Gasteiger partial charge in [-0.3, -0.25) is 4.79 Å². The van der Waals surface area contributed by atoms with Gasteiger partial charge in [0.15, 0.2) is 0 Å². The van der Waals surface area contributed by atoms with Crippen LogP contribution in [0.25, 0.3) is 0 Å². The SMILES string of the molecule is CC(NC(=O)Cc1ccc[nH]1)c1cc(F)ccc1N1CCC(O)CC1. The lowest BCUT2D eigenvalue weighted by atomic mass is 10.0. The highest BCUT2D eigenvalue weighted by Crippen LogP contribution is 2.29. The van der Waals surface area contributed by atoms with Gasteiger partial charge in [0, 0.05) is 36.2 Å². The van der Waals surface area contributed by atoms with E-state index in [0.717, 1.165) is 30.0 Å². The first kappa shape index (κ1) is 17.5. The van der Waals surface area contributed by atoms with Crippen molar-refractivity contribution in [2.45, 2.75) is 38.3 Å². The smallest absolute Gasteiger partial charge is 0.226 e. The molecule has 3 rings (SSSR count). The number of carbonyl (C=O) groups is 1. The Morgan fingerprint density at radius 3 is 2.84 bits per heavy atom. The van der Waals surface area contributed by atoms with Crippen molar-refractivity contribution in [3.8, 4) is 0 Å². The van der Waals surface area contributed by atoms with Crippen LogP contribution in [0, 0.1) is 5.82 Å². The van der Waals surface area contributed by atoms with Crippen molar-refractivity contribution < 1.29 is 14.3 Å². The summed E-state index contributed by atoms with van der Waals surface area (Å²) < 4.78 is 13.8. The number of hydrogen-bond acceptors (Lipinski definition) is 3. The van der Waals surface area contributed by atoms with Crippen molar-refractivity contribution in [2.24, 2.45) is 0 Å². The molecule has 0 bridgehead atoms. The number of aliphatic hydroxyl groups excluding tert-OH is 1. The van der Waals surface area contributed by atoms with Gasteiger partial charge in [-0.25, -0.2) is 4.39 Å². The van der Waals surface area contributed by atoms with Crippen LogP contribution < -0.4 is 10.2 Å². The molecule has 1 aromatic carbocycles. The maximum Gasteiger partial charge on any atom is 0.226 e. The highest BCUT2D eigenvalue weighted by molar-refractivity contribution is 5.79. The van der Waals surface area contributed by atoms with E-state index in [1.54, 1.807) is 12.3 Å². The average Bonchev–Trinajstić information content (AvgIpc) is 3.08. The molecule has 0 radical (unpaired) electrons. The van der Waals surface area contributed by atoms with Crippen LogP contribution in [0.1, 0.15) is 37.1 Å². The molecule has 5 nitrogen and oxygen atoms in total. The highest BCUT2D eigenvalue weighted by Gasteiger charge is 2.22. The van der Waals surface area contributed by atoms with E-state index in [1.165, 1.54) is 12.1 Å². The molecule has 1 atom stereocenters. The topological polar surface area (TPSA) is 68.4 Å². The molecule has 1 amide bonds. The molecule has 25 heavy (non-hydrogen) atoms. The van der Waals surface area contributed by atoms with Gasteiger partial charge in [-0.05, 0) is 50.1 Å². The summed E-state index contributed by atoms with van der Waals surface area (Å²) in [6.07, 6.45) is 3.17. The molecule has 1 fully saturated rings. The number of aromatic nitrogens is 1. The lowest BCUT2D eigenvalue weighted by molar-refractivity contribution is -0.121. The molecule has 2 aromatic rings. The summed E-state index contributed by atoms with van der Waals surface area (Å²) >= 11 is 0. The van der Waals surface area contributed by atoms with E-state index in [1.807, 2.05) is 19.1 Å². The van der Waals surface area contributed by atoms with E-state index in [2.05, 4.69) is 15.2 Å². The fourth-order valence-corrected chi connectivity index (χ4v) is 3.29. The van der Waals surface area contributed by atoms with E-state index in [4.69, 9.17) is 0 Å². The largest absolute Gasteiger partial charge is 0.393 e. The summed E-state index contributed by atoms with van der Waals surface area (Å²) in [5.74, 6) is -0.430. The van der Waals surface area contributed by atoms with Gasteiger partial charge >= 0.3 is 0 Å². The van der Waals surface area contributed by atoms with Gasteiger partial charge in [0.25, 0.3) is 0 Å². The minimum Gasteiger partial charge on any atom is -0.393 e. The number of aromatic amines is 1. The number of aliphatic hydroxyl groups is 1. The van der Waals surface area contributed by atoms with E-state index in [9.17, 15) is 14.3 Å². The van der Waals surface area contributed by atoms with Crippen molar-refractivity contribution in [1.82, 2.24) is 10.3 Å². The lowest BCUT2D eigenvalue weighted by Gasteiger charge is -2.34. The van der Waals surface area contributed by atoms with Gasteiger partial charge in [0.1, 0.15) is 5.82 Å². The number of amides is 1. The summed E-state index contributed by atoms with van der Waals surface area (Å²) in [7, 11) is 0. The quantitative estimate of drug-likeness (QED) is 0.780. The second kappa shape index (κ2) is 7.70. The number of H-pyrrole nitrogens is 1. The van der Waals surface area contributed by atoms with Crippen molar-refractivity contribution in [3.05, 3.63) is 53.6 Å². The molecule has 3 N–H and O–H groups in total. The second-order valence-corrected chi connectivity index (χ2v) is 6.58. The van der Waals surface area contributed by atoms with Crippen molar-refractivity contribution >= 4 is 11.6 Å². The molecule has 1 aliphatic heterocycles. The normalized spacial score (nSPS) is 16.7. The zero-order valence-corrected chi connectivity index (χ0v) is 14.3. The summed E-state index contributed by atoms with van der Waals surface area (Å²) in [4.78, 5) is 17.4. The Hall–Kier alpha value is -2.34. The Balaban J connectivity index is 1.73. The van der Waals surface area contributed by atoms with Gasteiger partial charge in [0.2, 0.25) is 5.91 Å². The van der Waals surface area contributed by atoms with Crippen LogP contribution in [-0.2, 0) is 11.2 Å². The molecule has 0 aliphatic carbocycles. The number of hydrogen-bond donors (Lipinski definition) is 3. The number of carbonyl (C=O) groups excluding carboxylic acids is 1. The lowest BCUT2D eigenvalue weighted by Crippen LogP contribution is -2.37. The molecule has 1 unspecified atom stereocenters. The van der Waals surface area contributed by atoms with Crippen LogP contribution in [0.3, 0.4) is 0 Å². The average molecular weight is 345 g/mol. The van der Waals surface area contributed by atoms with E-state index >= 15 is 0 Å². The Bertz CT molecular complexity index is 709. The Labute approximate surface area is 146 Å². The maximum atomic E-state index is 13.8. The van der Waals surface area contributed by atoms with Crippen LogP contribution in [-0.4, -0.2) is 35.2 Å². The van der Waals surface area contributed by atoms with E-state index in [0.29, 0.717) is 12.8 Å². The number of nitrogens with one attached hydrogen (secondary N) is 2. The predicted octanol–water partition coefficient (Wildman–Crippen LogP) is 2.53. The molecule has 1 saturated heterocycles. The number of benzene rings is 1. The van der Waals surface area contributed by atoms with Crippen LogP contribution >= 0.6 is 0 Å². The molecule has 0 saturated carbocycles. The number of halogens is 1. The first-order chi connectivity index (χ1) is 12.0. The van der Waals surface area contributed by atoms with Gasteiger partial charge < -0.3 is 20.3 Å². The Morgan fingerprint density at radius 2 is 2.16 bits per heavy atom. The molecule has 1 aromatic heterocycles. The van der Waals surface area contributed by atoms with E-state index in [-0.39, 0.29) is 30.3 Å². The Morgan fingerprint density at radius 1 is 1.40 bits per heavy atom. The zero-order valence-electron chi connectivity index (χ0n) is 14.3. The Kier molecular flexibility index (Phi) is 5.38. The summed E-state index contributed by atoms with van der Waals surface area (Å²) in [5, 5.41) is 12.6. The molecule has 2 heterocycles. The first-order valence-electron chi connectivity index (χ1n) is 8.67. The predicted molar refractivity (Wildman–Crippen MR) is 94.9 cm³/mol. The highest BCUT2D eigenvalue weighted by atomic mass is 19.1. The number of rotatable bonds is 5. The second-order valence-electron chi connectivity index (χ2n) is 6.58. The van der Waals surface area contributed by atoms with Crippen molar-refractivity contribution in [3.63, 3.8) is 0 Å². The molecular weight excluding hydrogens is 321 g/mol. The van der Waals surface area contributed by atoms with Gasteiger partial charge in [-0.15, -0.1) is 0 Å². The first-order valence-corrected chi connectivity index (χ1v) is 8.67. The van der Waals surface area contributed by atoms with Gasteiger partial charge in [0.05, 0.1) is 18.6 Å². The zero-order chi connectivity index (χ0) is 17.8. The fraction of sp³-hybridized carbons (Fsp3) is 0.421. The van der Waals surface area contributed by atoms with Gasteiger partial charge in [-0.2, -0.15) is 0 Å². The van der Waals surface area contributed by atoms with E-state index < -0.39 is 0 Å². The van der Waals surface area contributed by atoms with Crippen LogP contribution in [0.2, 0.25) is 0 Å². The number of anilines is 1. The summed E-state index contributed by atoms with van der Waals surface area (Å²) in [6, 6.07) is 8.09. The fourth-order valence-electron chi connectivity index (χ4n) is 3.29. The standard InChI is InChI=1S/C19H24FN3O2/c1-13(22-19(25)12-15-3-2-8-21-15)17-11-14(20)4-5-18(17)23-9-6-16(24)7-10-23/h2-5,8,11,13,16,21,24H,6-7,9-10,12H2,1H3,(H,22,25). The van der Waals surface area contributed by atoms with Crippen LogP contribution in [0.15, 0.2) is 36.5 Å². The monoisotopic (exact) mass is 345 g/mol. The molecule has 0 spiro atoms. The van der Waals surface area contributed by atoms with Crippen molar-refractivity contribution in [2.75, 3.05) is 18.0 Å². The summed E-state index contributed by atoms with van der Waals surface area (Å²) in [5.41, 5.74) is 2.52. The third-order valence-corrected chi connectivity index (χ3v) is 4.65. The molecular formula is C19H24FN3O2. The summed E-state index contributed by atoms with van der Waals surface area (Å²) in [6.45, 7) is 3.32. The minimum absolute atomic E-state index is 0.112. The van der Waals surface area contributed by atoms with Gasteiger partial charge in [-0.1, -0.05) is 0 Å². The number of nitrogens with zero attached hydrogens (tertiary/aromatic N) is 1. The minimum atomic E-state index is -0.318. The molecule has 134 valence electrons. The molecule has 6 heteroatoms. The van der Waals surface area contributed by atoms with Crippen molar-refractivity contribution in [1.29, 1.82) is 0 Å². The third-order valence-electron chi connectivity index (χ3n) is 4.65. The third kappa shape index (κ3) is 4.39. The molecule has 1 aliphatic rings.